The Morgan fingerprint density at radius 3 is 2.46 bits per heavy atom. The Bertz CT molecular complexity index is 671. The zero-order valence-electron chi connectivity index (χ0n) is 15.1. The zero-order chi connectivity index (χ0) is 19.7. The van der Waals surface area contributed by atoms with Crippen LogP contribution in [0.2, 0.25) is 0 Å². The number of Topliss-reactive ketones (excluding diaryl/α,β-unsaturated/α-hetero) is 1. The largest absolute Gasteiger partial charge is 0.478 e. The molecule has 0 bridgehead atoms. The summed E-state index contributed by atoms with van der Waals surface area (Å²) in [5.41, 5.74) is 2.88. The molecule has 142 valence electrons. The number of carbonyl (C=O) groups is 4. The molecule has 0 aliphatic carbocycles. The molecule has 1 unspecified atom stereocenters. The molecule has 0 saturated heterocycles. The van der Waals surface area contributed by atoms with Crippen LogP contribution in [0.25, 0.3) is 0 Å². The number of carbonyl (C=O) groups excluding carboxylic acids is 3. The number of amides is 2. The molecule has 8 nitrogen and oxygen atoms in total. The first-order valence-corrected chi connectivity index (χ1v) is 8.28. The molecule has 0 aliphatic heterocycles. The van der Waals surface area contributed by atoms with Gasteiger partial charge in [0.2, 0.25) is 0 Å². The van der Waals surface area contributed by atoms with Crippen molar-refractivity contribution in [3.05, 3.63) is 35.4 Å². The van der Waals surface area contributed by atoms with E-state index in [1.54, 1.807) is 26.0 Å². The second-order valence-corrected chi connectivity index (χ2v) is 6.27. The van der Waals surface area contributed by atoms with Crippen molar-refractivity contribution in [1.29, 1.82) is 0 Å². The number of benzene rings is 1. The number of hydroxylamine groups is 1. The highest BCUT2D eigenvalue weighted by atomic mass is 16.7. The highest BCUT2D eigenvalue weighted by Gasteiger charge is 2.18. The van der Waals surface area contributed by atoms with Crippen LogP contribution < -0.4 is 10.8 Å². The topological polar surface area (TPSA) is 122 Å². The summed E-state index contributed by atoms with van der Waals surface area (Å²) in [5.74, 6) is -2.09. The van der Waals surface area contributed by atoms with Gasteiger partial charge < -0.3 is 15.3 Å². The van der Waals surface area contributed by atoms with Gasteiger partial charge in [0.15, 0.2) is 0 Å². The van der Waals surface area contributed by atoms with Crippen LogP contribution in [-0.4, -0.2) is 34.9 Å². The molecule has 1 atom stereocenters. The minimum atomic E-state index is -1.04. The van der Waals surface area contributed by atoms with E-state index in [0.29, 0.717) is 12.0 Å². The van der Waals surface area contributed by atoms with Gasteiger partial charge in [-0.05, 0) is 51.3 Å². The average molecular weight is 364 g/mol. The quantitative estimate of drug-likeness (QED) is 0.607. The van der Waals surface area contributed by atoms with E-state index in [-0.39, 0.29) is 30.2 Å². The molecule has 0 heterocycles. The molecule has 2 amide bonds. The maximum Gasteiger partial charge on any atom is 0.431 e. The van der Waals surface area contributed by atoms with Crippen molar-refractivity contribution in [3.8, 4) is 0 Å². The smallest absolute Gasteiger partial charge is 0.431 e. The van der Waals surface area contributed by atoms with E-state index in [0.717, 1.165) is 0 Å². The first-order chi connectivity index (χ1) is 12.2. The van der Waals surface area contributed by atoms with Crippen molar-refractivity contribution in [1.82, 2.24) is 10.8 Å². The van der Waals surface area contributed by atoms with Crippen LogP contribution >= 0.6 is 0 Å². The Morgan fingerprint density at radius 1 is 1.19 bits per heavy atom. The summed E-state index contributed by atoms with van der Waals surface area (Å²) < 4.78 is 0. The number of carboxylic acids is 1. The highest BCUT2D eigenvalue weighted by Crippen LogP contribution is 2.17. The minimum absolute atomic E-state index is 0.00216. The van der Waals surface area contributed by atoms with Gasteiger partial charge in [0.25, 0.3) is 5.91 Å². The third kappa shape index (κ3) is 7.78. The summed E-state index contributed by atoms with van der Waals surface area (Å²) >= 11 is 0. The third-order valence-corrected chi connectivity index (χ3v) is 3.61. The molecule has 0 spiro atoms. The Kier molecular flexibility index (Phi) is 8.27. The lowest BCUT2D eigenvalue weighted by Gasteiger charge is -2.14. The predicted octanol–water partition coefficient (Wildman–Crippen LogP) is 2.08. The summed E-state index contributed by atoms with van der Waals surface area (Å²) in [5, 5.41) is 11.5. The summed E-state index contributed by atoms with van der Waals surface area (Å²) in [6.45, 7) is 4.93. The molecule has 0 saturated carbocycles. The van der Waals surface area contributed by atoms with Gasteiger partial charge in [-0.3, -0.25) is 9.59 Å². The number of aromatic carboxylic acids is 1. The van der Waals surface area contributed by atoms with Crippen LogP contribution in [0.5, 0.6) is 0 Å². The van der Waals surface area contributed by atoms with Gasteiger partial charge in [0, 0.05) is 18.4 Å². The van der Waals surface area contributed by atoms with Crippen LogP contribution in [0.1, 0.15) is 49.5 Å². The summed E-state index contributed by atoms with van der Waals surface area (Å²) in [4.78, 5) is 50.4. The number of rotatable bonds is 8. The van der Waals surface area contributed by atoms with Crippen molar-refractivity contribution < 1.29 is 29.1 Å². The van der Waals surface area contributed by atoms with E-state index in [9.17, 15) is 19.2 Å². The SMILES string of the molecule is CC(=O)C(CCC(=O)NOC(=O)NC(C)C)Cc1cccc(C(=O)O)c1. The van der Waals surface area contributed by atoms with Gasteiger partial charge in [-0.25, -0.2) is 9.59 Å². The summed E-state index contributed by atoms with van der Waals surface area (Å²) in [7, 11) is 0. The number of hydrogen-bond acceptors (Lipinski definition) is 5. The Labute approximate surface area is 151 Å². The van der Waals surface area contributed by atoms with Gasteiger partial charge in [0.05, 0.1) is 5.56 Å². The Balaban J connectivity index is 2.54. The van der Waals surface area contributed by atoms with E-state index < -0.39 is 23.9 Å². The van der Waals surface area contributed by atoms with Crippen LogP contribution in [0.3, 0.4) is 0 Å². The van der Waals surface area contributed by atoms with E-state index in [1.165, 1.54) is 19.1 Å². The highest BCUT2D eigenvalue weighted by molar-refractivity contribution is 5.87. The van der Waals surface area contributed by atoms with Gasteiger partial charge in [-0.15, -0.1) is 0 Å². The lowest BCUT2D eigenvalue weighted by Crippen LogP contribution is -2.37. The van der Waals surface area contributed by atoms with Gasteiger partial charge >= 0.3 is 12.1 Å². The van der Waals surface area contributed by atoms with Crippen molar-refractivity contribution in [2.24, 2.45) is 5.92 Å². The monoisotopic (exact) mass is 364 g/mol. The van der Waals surface area contributed by atoms with Crippen molar-refractivity contribution in [3.63, 3.8) is 0 Å². The normalized spacial score (nSPS) is 11.5. The second kappa shape index (κ2) is 10.2. The average Bonchev–Trinajstić information content (AvgIpc) is 2.56. The molecule has 1 rings (SSSR count). The number of carboxylic acid groups (broad SMARTS) is 1. The summed E-state index contributed by atoms with van der Waals surface area (Å²) in [6.07, 6.45) is -0.175. The van der Waals surface area contributed by atoms with Crippen LogP contribution in [0.4, 0.5) is 4.79 Å². The van der Waals surface area contributed by atoms with Gasteiger partial charge in [-0.1, -0.05) is 12.1 Å². The minimum Gasteiger partial charge on any atom is -0.478 e. The fourth-order valence-electron chi connectivity index (χ4n) is 2.29. The third-order valence-electron chi connectivity index (χ3n) is 3.61. The zero-order valence-corrected chi connectivity index (χ0v) is 15.1. The number of hydrogen-bond donors (Lipinski definition) is 3. The Hall–Kier alpha value is -2.90. The van der Waals surface area contributed by atoms with Crippen molar-refractivity contribution in [2.75, 3.05) is 0 Å². The molecule has 8 heteroatoms. The summed E-state index contributed by atoms with van der Waals surface area (Å²) in [6, 6.07) is 6.22. The lowest BCUT2D eigenvalue weighted by molar-refractivity contribution is -0.130. The maximum absolute atomic E-state index is 11.8. The molecule has 0 fully saturated rings. The van der Waals surface area contributed by atoms with Crippen molar-refractivity contribution in [2.45, 2.75) is 46.1 Å². The fraction of sp³-hybridized carbons (Fsp3) is 0.444. The van der Waals surface area contributed by atoms with Crippen LogP contribution in [0.15, 0.2) is 24.3 Å². The van der Waals surface area contributed by atoms with E-state index in [2.05, 4.69) is 10.2 Å². The molecule has 0 aromatic heterocycles. The second-order valence-electron chi connectivity index (χ2n) is 6.27. The van der Waals surface area contributed by atoms with E-state index in [4.69, 9.17) is 5.11 Å². The first kappa shape index (κ1) is 21.1. The van der Waals surface area contributed by atoms with Crippen LogP contribution in [0, 0.1) is 5.92 Å². The molecule has 0 radical (unpaired) electrons. The predicted molar refractivity (Wildman–Crippen MR) is 93.4 cm³/mol. The number of ketones is 1. The van der Waals surface area contributed by atoms with E-state index in [1.807, 2.05) is 5.48 Å². The molecular formula is C18H24N2O6. The van der Waals surface area contributed by atoms with E-state index >= 15 is 0 Å². The van der Waals surface area contributed by atoms with Crippen molar-refractivity contribution >= 4 is 23.8 Å². The Morgan fingerprint density at radius 2 is 1.88 bits per heavy atom. The molecule has 26 heavy (non-hydrogen) atoms. The maximum atomic E-state index is 11.8. The molecular weight excluding hydrogens is 340 g/mol. The molecule has 1 aromatic carbocycles. The standard InChI is InChI=1S/C18H24N2O6/c1-11(2)19-18(25)26-20-16(22)8-7-14(12(3)21)9-13-5-4-6-15(10-13)17(23)24/h4-6,10-11,14H,7-9H2,1-3H3,(H,19,25)(H,20,22)(H,23,24). The molecule has 0 aliphatic rings. The fourth-order valence-corrected chi connectivity index (χ4v) is 2.29. The first-order valence-electron chi connectivity index (χ1n) is 8.28. The number of nitrogens with one attached hydrogen (secondary N) is 2. The van der Waals surface area contributed by atoms with Gasteiger partial charge in [-0.2, -0.15) is 5.48 Å². The van der Waals surface area contributed by atoms with Gasteiger partial charge in [0.1, 0.15) is 5.78 Å². The molecule has 1 aromatic rings. The van der Waals surface area contributed by atoms with Crippen LogP contribution in [-0.2, 0) is 20.8 Å². The lowest BCUT2D eigenvalue weighted by atomic mass is 9.91. The molecule has 3 N–H and O–H groups in total.